The van der Waals surface area contributed by atoms with E-state index in [0.29, 0.717) is 6.42 Å². The number of fused-ring (bicyclic) bond motifs is 2. The summed E-state index contributed by atoms with van der Waals surface area (Å²) in [4.78, 5) is 44.5. The number of nitrogens with one attached hydrogen (secondary N) is 2. The fourth-order valence-electron chi connectivity index (χ4n) is 4.94. The first-order chi connectivity index (χ1) is 15.5. The van der Waals surface area contributed by atoms with Crippen LogP contribution in [0.5, 0.6) is 0 Å². The van der Waals surface area contributed by atoms with Gasteiger partial charge in [0.15, 0.2) is 0 Å². The lowest BCUT2D eigenvalue weighted by molar-refractivity contribution is -0.138. The molecule has 1 aliphatic heterocycles. The highest BCUT2D eigenvalue weighted by Gasteiger charge is 2.40. The third kappa shape index (κ3) is 3.53. The van der Waals surface area contributed by atoms with E-state index in [0.717, 1.165) is 46.2 Å². The molecule has 1 saturated heterocycles. The number of rotatable bonds is 5. The third-order valence-corrected chi connectivity index (χ3v) is 6.70. The predicted octanol–water partition coefficient (Wildman–Crippen LogP) is 3.17. The molecule has 32 heavy (non-hydrogen) atoms. The molecule has 1 aliphatic carbocycles. The van der Waals surface area contributed by atoms with Crippen LogP contribution in [0.1, 0.15) is 35.6 Å². The minimum atomic E-state index is -0.671. The van der Waals surface area contributed by atoms with Gasteiger partial charge in [-0.1, -0.05) is 42.5 Å². The highest BCUT2D eigenvalue weighted by molar-refractivity contribution is 6.06. The highest BCUT2D eigenvalue weighted by atomic mass is 16.2. The van der Waals surface area contributed by atoms with Crippen LogP contribution in [0.3, 0.4) is 0 Å². The quantitative estimate of drug-likeness (QED) is 0.610. The lowest BCUT2D eigenvalue weighted by Crippen LogP contribution is -2.43. The van der Waals surface area contributed by atoms with Gasteiger partial charge in [-0.25, -0.2) is 4.79 Å². The second-order valence-electron chi connectivity index (χ2n) is 8.60. The number of imide groups is 1. The number of hydrogen-bond acceptors (Lipinski definition) is 3. The number of benzene rings is 2. The Hall–Kier alpha value is -3.61. The van der Waals surface area contributed by atoms with Crippen molar-refractivity contribution in [1.82, 2.24) is 20.1 Å². The van der Waals surface area contributed by atoms with E-state index in [-0.39, 0.29) is 24.4 Å². The van der Waals surface area contributed by atoms with Crippen molar-refractivity contribution < 1.29 is 14.4 Å². The van der Waals surface area contributed by atoms with Gasteiger partial charge in [-0.15, -0.1) is 0 Å². The van der Waals surface area contributed by atoms with Crippen LogP contribution in [0.4, 0.5) is 4.79 Å². The Morgan fingerprint density at radius 3 is 2.78 bits per heavy atom. The number of para-hydroxylation sites is 1. The molecular formula is C25H26N4O3. The van der Waals surface area contributed by atoms with E-state index in [4.69, 9.17) is 0 Å². The maximum Gasteiger partial charge on any atom is 0.325 e. The summed E-state index contributed by atoms with van der Waals surface area (Å²) in [5.74, 6) is -0.589. The summed E-state index contributed by atoms with van der Waals surface area (Å²) in [6.07, 6.45) is 5.15. The first kappa shape index (κ1) is 20.3. The number of aryl methyl sites for hydroxylation is 1. The van der Waals surface area contributed by atoms with Gasteiger partial charge in [-0.2, -0.15) is 0 Å². The van der Waals surface area contributed by atoms with Crippen LogP contribution < -0.4 is 5.32 Å². The normalized spacial score (nSPS) is 20.3. The van der Waals surface area contributed by atoms with Crippen LogP contribution in [-0.2, 0) is 22.4 Å². The van der Waals surface area contributed by atoms with Crippen molar-refractivity contribution >= 4 is 28.7 Å². The number of aromatic amines is 1. The van der Waals surface area contributed by atoms with Crippen molar-refractivity contribution in [2.24, 2.45) is 0 Å². The number of aromatic nitrogens is 1. The Morgan fingerprint density at radius 2 is 1.91 bits per heavy atom. The summed E-state index contributed by atoms with van der Waals surface area (Å²) < 4.78 is 0. The second kappa shape index (κ2) is 8.15. The molecule has 0 bridgehead atoms. The van der Waals surface area contributed by atoms with Crippen molar-refractivity contribution in [2.75, 3.05) is 13.6 Å². The molecule has 2 aromatic carbocycles. The average Bonchev–Trinajstić information content (AvgIpc) is 3.34. The van der Waals surface area contributed by atoms with Crippen molar-refractivity contribution in [3.8, 4) is 0 Å². The summed E-state index contributed by atoms with van der Waals surface area (Å²) >= 11 is 0. The largest absolute Gasteiger partial charge is 0.361 e. The molecular weight excluding hydrogens is 404 g/mol. The Balaban J connectivity index is 1.28. The molecule has 1 fully saturated rings. The van der Waals surface area contributed by atoms with Crippen molar-refractivity contribution in [3.63, 3.8) is 0 Å². The van der Waals surface area contributed by atoms with E-state index in [1.807, 2.05) is 42.6 Å². The maximum atomic E-state index is 13.0. The fraction of sp³-hybridized carbons (Fsp3) is 0.320. The first-order valence-electron chi connectivity index (χ1n) is 11.0. The topological polar surface area (TPSA) is 85.5 Å². The van der Waals surface area contributed by atoms with Crippen molar-refractivity contribution in [2.45, 2.75) is 37.8 Å². The molecule has 0 spiro atoms. The van der Waals surface area contributed by atoms with Gasteiger partial charge < -0.3 is 15.2 Å². The van der Waals surface area contributed by atoms with Crippen LogP contribution in [-0.4, -0.2) is 52.3 Å². The molecule has 4 amide bonds. The summed E-state index contributed by atoms with van der Waals surface area (Å²) in [5, 5.41) is 3.78. The molecule has 5 rings (SSSR count). The molecule has 2 atom stereocenters. The SMILES string of the molecule is CN(C(=O)CN1C(=O)N[C@H](Cc2c[nH]c3ccccc23)C1=O)[C@@H]1CCCc2ccccc21. The average molecular weight is 431 g/mol. The molecule has 0 unspecified atom stereocenters. The number of urea groups is 1. The van der Waals surface area contributed by atoms with Crippen molar-refractivity contribution in [3.05, 3.63) is 71.4 Å². The zero-order chi connectivity index (χ0) is 22.2. The molecule has 7 heteroatoms. The Labute approximate surface area is 186 Å². The van der Waals surface area contributed by atoms with E-state index in [1.165, 1.54) is 5.56 Å². The monoisotopic (exact) mass is 430 g/mol. The van der Waals surface area contributed by atoms with E-state index in [2.05, 4.69) is 22.4 Å². The van der Waals surface area contributed by atoms with Crippen LogP contribution in [0.25, 0.3) is 10.9 Å². The minimum absolute atomic E-state index is 0.0322. The molecule has 2 aliphatic rings. The van der Waals surface area contributed by atoms with E-state index in [1.54, 1.807) is 11.9 Å². The zero-order valence-corrected chi connectivity index (χ0v) is 18.0. The predicted molar refractivity (Wildman–Crippen MR) is 121 cm³/mol. The lowest BCUT2D eigenvalue weighted by atomic mass is 9.87. The van der Waals surface area contributed by atoms with Crippen LogP contribution in [0, 0.1) is 0 Å². The number of carbonyl (C=O) groups excluding carboxylic acids is 3. The number of amides is 4. The third-order valence-electron chi connectivity index (χ3n) is 6.70. The van der Waals surface area contributed by atoms with Gasteiger partial charge in [0.25, 0.3) is 5.91 Å². The van der Waals surface area contributed by atoms with Gasteiger partial charge in [0, 0.05) is 30.6 Å². The molecule has 7 nitrogen and oxygen atoms in total. The molecule has 164 valence electrons. The fourth-order valence-corrected chi connectivity index (χ4v) is 4.94. The number of carbonyl (C=O) groups is 3. The van der Waals surface area contributed by atoms with Crippen LogP contribution in [0.15, 0.2) is 54.7 Å². The van der Waals surface area contributed by atoms with Crippen LogP contribution >= 0.6 is 0 Å². The molecule has 2 heterocycles. The van der Waals surface area contributed by atoms with Crippen molar-refractivity contribution in [1.29, 1.82) is 0 Å². The van der Waals surface area contributed by atoms with E-state index >= 15 is 0 Å². The van der Waals surface area contributed by atoms with E-state index in [9.17, 15) is 14.4 Å². The molecule has 3 aromatic rings. The highest BCUT2D eigenvalue weighted by Crippen LogP contribution is 2.33. The Bertz CT molecular complexity index is 1200. The number of H-pyrrole nitrogens is 1. The summed E-state index contributed by atoms with van der Waals surface area (Å²) in [7, 11) is 1.76. The molecule has 0 radical (unpaired) electrons. The Morgan fingerprint density at radius 1 is 1.12 bits per heavy atom. The van der Waals surface area contributed by atoms with Gasteiger partial charge >= 0.3 is 6.03 Å². The smallest absolute Gasteiger partial charge is 0.325 e. The number of likely N-dealkylation sites (N-methyl/N-ethyl adjacent to an activating group) is 1. The maximum absolute atomic E-state index is 13.0. The summed E-state index contributed by atoms with van der Waals surface area (Å²) in [6, 6.07) is 14.8. The van der Waals surface area contributed by atoms with Gasteiger partial charge in [0.2, 0.25) is 5.91 Å². The standard InChI is InChI=1S/C25H26N4O3/c1-28(22-12-6-8-16-7-2-3-10-19(16)22)23(30)15-29-24(31)21(27-25(29)32)13-17-14-26-20-11-5-4-9-18(17)20/h2-5,7,9-11,14,21-22,26H,6,8,12-13,15H2,1H3,(H,27,32)/t21-,22-/m1/s1. The van der Waals surface area contributed by atoms with Gasteiger partial charge in [-0.3, -0.25) is 14.5 Å². The number of nitrogens with zero attached hydrogens (tertiary/aromatic N) is 2. The first-order valence-corrected chi connectivity index (χ1v) is 11.0. The molecule has 1 aromatic heterocycles. The van der Waals surface area contributed by atoms with Gasteiger partial charge in [0.05, 0.1) is 6.04 Å². The second-order valence-corrected chi connectivity index (χ2v) is 8.60. The Kier molecular flexibility index (Phi) is 5.17. The van der Waals surface area contributed by atoms with Gasteiger partial charge in [0.1, 0.15) is 12.6 Å². The number of hydrogen-bond donors (Lipinski definition) is 2. The summed E-state index contributed by atoms with van der Waals surface area (Å²) in [6.45, 7) is -0.246. The molecule has 0 saturated carbocycles. The van der Waals surface area contributed by atoms with Gasteiger partial charge in [-0.05, 0) is 42.0 Å². The summed E-state index contributed by atoms with van der Waals surface area (Å²) in [5.41, 5.74) is 4.37. The zero-order valence-electron chi connectivity index (χ0n) is 18.0. The van der Waals surface area contributed by atoms with E-state index < -0.39 is 12.1 Å². The van der Waals surface area contributed by atoms with Crippen LogP contribution in [0.2, 0.25) is 0 Å². The molecule has 2 N–H and O–H groups in total. The lowest BCUT2D eigenvalue weighted by Gasteiger charge is -2.34. The minimum Gasteiger partial charge on any atom is -0.361 e.